The molecule has 1 amide bonds. The third-order valence-corrected chi connectivity index (χ3v) is 5.23. The molecule has 0 radical (unpaired) electrons. The Morgan fingerprint density at radius 3 is 2.76 bits per heavy atom. The van der Waals surface area contributed by atoms with Gasteiger partial charge in [-0.3, -0.25) is 4.79 Å². The van der Waals surface area contributed by atoms with Gasteiger partial charge in [0.15, 0.2) is 0 Å². The third kappa shape index (κ3) is 3.24. The summed E-state index contributed by atoms with van der Waals surface area (Å²) in [6.45, 7) is 0.598. The highest BCUT2D eigenvalue weighted by Gasteiger charge is 2.27. The van der Waals surface area contributed by atoms with Crippen molar-refractivity contribution in [2.24, 2.45) is 11.7 Å². The molecule has 1 aliphatic rings. The maximum absolute atomic E-state index is 12.5. The number of thiazole rings is 1. The summed E-state index contributed by atoms with van der Waals surface area (Å²) in [5.74, 6) is 0.380. The Morgan fingerprint density at radius 1 is 1.33 bits per heavy atom. The van der Waals surface area contributed by atoms with Crippen LogP contribution in [0.3, 0.4) is 0 Å². The molecule has 2 N–H and O–H groups in total. The number of benzene rings is 1. The number of carbonyl (C=O) groups is 1. The SMILES string of the molecule is CN(Cc1nc2ccccc2s1)C(=O)C1CCC(N)CC1. The average molecular weight is 303 g/mol. The topological polar surface area (TPSA) is 59.2 Å². The zero-order valence-electron chi connectivity index (χ0n) is 12.3. The summed E-state index contributed by atoms with van der Waals surface area (Å²) in [6, 6.07) is 8.38. The van der Waals surface area contributed by atoms with Crippen LogP contribution in [-0.2, 0) is 11.3 Å². The molecule has 0 spiro atoms. The highest BCUT2D eigenvalue weighted by Crippen LogP contribution is 2.26. The van der Waals surface area contributed by atoms with Crippen molar-refractivity contribution in [3.05, 3.63) is 29.3 Å². The van der Waals surface area contributed by atoms with Gasteiger partial charge in [0.25, 0.3) is 0 Å². The Kier molecular flexibility index (Phi) is 4.22. The lowest BCUT2D eigenvalue weighted by Crippen LogP contribution is -2.37. The Hall–Kier alpha value is -1.46. The number of fused-ring (bicyclic) bond motifs is 1. The van der Waals surface area contributed by atoms with Gasteiger partial charge in [0.1, 0.15) is 5.01 Å². The zero-order chi connectivity index (χ0) is 14.8. The largest absolute Gasteiger partial charge is 0.339 e. The third-order valence-electron chi connectivity index (χ3n) is 4.21. The Labute approximate surface area is 129 Å². The van der Waals surface area contributed by atoms with Crippen molar-refractivity contribution in [3.8, 4) is 0 Å². The first kappa shape index (κ1) is 14.5. The molecule has 0 bridgehead atoms. The summed E-state index contributed by atoms with van der Waals surface area (Å²) in [5, 5.41) is 1.000. The number of rotatable bonds is 3. The van der Waals surface area contributed by atoms with Crippen molar-refractivity contribution >= 4 is 27.5 Å². The van der Waals surface area contributed by atoms with Gasteiger partial charge in [0.2, 0.25) is 5.91 Å². The predicted molar refractivity (Wildman–Crippen MR) is 86.0 cm³/mol. The Balaban J connectivity index is 1.65. The molecule has 0 saturated heterocycles. The molecule has 5 heteroatoms. The standard InChI is InChI=1S/C16H21N3OS/c1-19(16(20)11-6-8-12(17)9-7-11)10-15-18-13-4-2-3-5-14(13)21-15/h2-5,11-12H,6-10,17H2,1H3. The number of aromatic nitrogens is 1. The van der Waals surface area contributed by atoms with E-state index in [0.29, 0.717) is 6.54 Å². The number of amides is 1. The first-order valence-electron chi connectivity index (χ1n) is 7.48. The number of nitrogens with two attached hydrogens (primary N) is 1. The molecule has 112 valence electrons. The molecule has 1 fully saturated rings. The number of carbonyl (C=O) groups excluding carboxylic acids is 1. The van der Waals surface area contributed by atoms with Crippen molar-refractivity contribution in [1.29, 1.82) is 0 Å². The summed E-state index contributed by atoms with van der Waals surface area (Å²) in [7, 11) is 1.88. The number of para-hydroxylation sites is 1. The molecule has 0 atom stereocenters. The fraction of sp³-hybridized carbons (Fsp3) is 0.500. The normalized spacial score (nSPS) is 22.4. The van der Waals surface area contributed by atoms with Gasteiger partial charge in [-0.05, 0) is 37.8 Å². The van der Waals surface area contributed by atoms with Gasteiger partial charge < -0.3 is 10.6 Å². The molecule has 21 heavy (non-hydrogen) atoms. The fourth-order valence-corrected chi connectivity index (χ4v) is 3.97. The summed E-state index contributed by atoms with van der Waals surface area (Å²) < 4.78 is 1.18. The summed E-state index contributed by atoms with van der Waals surface area (Å²) in [4.78, 5) is 18.9. The van der Waals surface area contributed by atoms with Crippen LogP contribution in [0.2, 0.25) is 0 Å². The van der Waals surface area contributed by atoms with E-state index in [1.165, 1.54) is 4.70 Å². The van der Waals surface area contributed by atoms with Gasteiger partial charge in [-0.2, -0.15) is 0 Å². The van der Waals surface area contributed by atoms with E-state index in [1.54, 1.807) is 11.3 Å². The fourth-order valence-electron chi connectivity index (χ4n) is 2.95. The molecular weight excluding hydrogens is 282 g/mol. The summed E-state index contributed by atoms with van der Waals surface area (Å²) in [6.07, 6.45) is 3.77. The first-order chi connectivity index (χ1) is 10.1. The van der Waals surface area contributed by atoms with Crippen molar-refractivity contribution < 1.29 is 4.79 Å². The van der Waals surface area contributed by atoms with Crippen LogP contribution in [0.4, 0.5) is 0 Å². The van der Waals surface area contributed by atoms with E-state index in [1.807, 2.05) is 30.1 Å². The maximum Gasteiger partial charge on any atom is 0.225 e. The minimum Gasteiger partial charge on any atom is -0.339 e. The zero-order valence-corrected chi connectivity index (χ0v) is 13.1. The molecule has 1 aromatic heterocycles. The van der Waals surface area contributed by atoms with Gasteiger partial charge in [-0.15, -0.1) is 11.3 Å². The Morgan fingerprint density at radius 2 is 2.05 bits per heavy atom. The van der Waals surface area contributed by atoms with Crippen LogP contribution in [0.25, 0.3) is 10.2 Å². The van der Waals surface area contributed by atoms with Crippen molar-refractivity contribution in [3.63, 3.8) is 0 Å². The number of hydrogen-bond acceptors (Lipinski definition) is 4. The van der Waals surface area contributed by atoms with E-state index in [4.69, 9.17) is 5.73 Å². The molecule has 1 aromatic carbocycles. The smallest absolute Gasteiger partial charge is 0.225 e. The van der Waals surface area contributed by atoms with Crippen LogP contribution in [0.15, 0.2) is 24.3 Å². The van der Waals surface area contributed by atoms with Gasteiger partial charge in [0, 0.05) is 19.0 Å². The van der Waals surface area contributed by atoms with Crippen LogP contribution < -0.4 is 5.73 Å². The van der Waals surface area contributed by atoms with Crippen LogP contribution in [-0.4, -0.2) is 28.9 Å². The monoisotopic (exact) mass is 303 g/mol. The van der Waals surface area contributed by atoms with Crippen LogP contribution >= 0.6 is 11.3 Å². The second-order valence-corrected chi connectivity index (χ2v) is 7.00. The lowest BCUT2D eigenvalue weighted by molar-refractivity contribution is -0.135. The van der Waals surface area contributed by atoms with Crippen LogP contribution in [0.5, 0.6) is 0 Å². The highest BCUT2D eigenvalue weighted by molar-refractivity contribution is 7.18. The molecule has 4 nitrogen and oxygen atoms in total. The van der Waals surface area contributed by atoms with Gasteiger partial charge in [-0.1, -0.05) is 12.1 Å². The van der Waals surface area contributed by atoms with Crippen molar-refractivity contribution in [1.82, 2.24) is 9.88 Å². The van der Waals surface area contributed by atoms with E-state index >= 15 is 0 Å². The van der Waals surface area contributed by atoms with Crippen molar-refractivity contribution in [2.75, 3.05) is 7.05 Å². The second kappa shape index (κ2) is 6.12. The summed E-state index contributed by atoms with van der Waals surface area (Å²) >= 11 is 1.67. The summed E-state index contributed by atoms with van der Waals surface area (Å²) in [5.41, 5.74) is 6.92. The molecule has 1 aliphatic carbocycles. The molecule has 0 unspecified atom stereocenters. The van der Waals surface area contributed by atoms with Gasteiger partial charge >= 0.3 is 0 Å². The van der Waals surface area contributed by atoms with Gasteiger partial charge in [-0.25, -0.2) is 4.98 Å². The van der Waals surface area contributed by atoms with Gasteiger partial charge in [0.05, 0.1) is 16.8 Å². The molecule has 1 saturated carbocycles. The lowest BCUT2D eigenvalue weighted by Gasteiger charge is -2.28. The van der Waals surface area contributed by atoms with Crippen LogP contribution in [0, 0.1) is 5.92 Å². The van der Waals surface area contributed by atoms with E-state index in [2.05, 4.69) is 11.1 Å². The predicted octanol–water partition coefficient (Wildman–Crippen LogP) is 2.77. The molecular formula is C16H21N3OS. The number of hydrogen-bond donors (Lipinski definition) is 1. The lowest BCUT2D eigenvalue weighted by atomic mass is 9.85. The molecule has 3 rings (SSSR count). The second-order valence-electron chi connectivity index (χ2n) is 5.88. The Bertz CT molecular complexity index is 598. The average Bonchev–Trinajstić information content (AvgIpc) is 2.89. The minimum atomic E-state index is 0.143. The molecule has 2 aromatic rings. The maximum atomic E-state index is 12.5. The highest BCUT2D eigenvalue weighted by atomic mass is 32.1. The van der Waals surface area contributed by atoms with Crippen LogP contribution in [0.1, 0.15) is 30.7 Å². The molecule has 1 heterocycles. The molecule has 0 aliphatic heterocycles. The van der Waals surface area contributed by atoms with Crippen molar-refractivity contribution in [2.45, 2.75) is 38.3 Å². The quantitative estimate of drug-likeness (QED) is 0.948. The van der Waals surface area contributed by atoms with E-state index < -0.39 is 0 Å². The first-order valence-corrected chi connectivity index (χ1v) is 8.30. The van der Waals surface area contributed by atoms with E-state index in [0.717, 1.165) is 36.2 Å². The van der Waals surface area contributed by atoms with E-state index in [-0.39, 0.29) is 17.9 Å². The number of nitrogens with zero attached hydrogens (tertiary/aromatic N) is 2. The van der Waals surface area contributed by atoms with E-state index in [9.17, 15) is 4.79 Å². The minimum absolute atomic E-state index is 0.143.